The van der Waals surface area contributed by atoms with E-state index in [4.69, 9.17) is 148 Å². The topological polar surface area (TPSA) is 101 Å². The van der Waals surface area contributed by atoms with Crippen LogP contribution in [0.15, 0.2) is 0 Å². The first-order valence-corrected chi connectivity index (χ1v) is 12.8. The number of aliphatic hydroxyl groups excluding tert-OH is 4. The number of phenolic OH excluding ortho intramolecular Hbond substituents is 1. The van der Waals surface area contributed by atoms with Crippen molar-refractivity contribution in [2.75, 3.05) is 13.2 Å². The Hall–Kier alpha value is 2.05. The number of benzene rings is 1. The van der Waals surface area contributed by atoms with E-state index < -0.39 is 57.7 Å². The van der Waals surface area contributed by atoms with Crippen molar-refractivity contribution in [3.05, 3.63) is 25.1 Å². The maximum Gasteiger partial charge on any atom is 0.155 e. The van der Waals surface area contributed by atoms with Gasteiger partial charge in [-0.2, -0.15) is 0 Å². The molecule has 0 radical (unpaired) electrons. The van der Waals surface area contributed by atoms with Crippen LogP contribution in [-0.4, -0.2) is 83.2 Å². The van der Waals surface area contributed by atoms with E-state index >= 15 is 0 Å². The number of phenols is 1. The second-order valence-electron chi connectivity index (χ2n) is 6.08. The lowest BCUT2D eigenvalue weighted by molar-refractivity contribution is -0.0388. The van der Waals surface area contributed by atoms with Crippen LogP contribution in [-0.2, 0) is 0 Å². The quantitative estimate of drug-likeness (QED) is 0.154. The Balaban J connectivity index is 0.000000462. The van der Waals surface area contributed by atoms with Gasteiger partial charge in [-0.15, -0.1) is 69.6 Å². The van der Waals surface area contributed by atoms with Gasteiger partial charge >= 0.3 is 0 Å². The fourth-order valence-corrected chi connectivity index (χ4v) is 5.35. The number of hydrogen-bond acceptors (Lipinski definition) is 5. The van der Waals surface area contributed by atoms with Gasteiger partial charge in [0.1, 0.15) is 22.3 Å². The van der Waals surface area contributed by atoms with E-state index in [1.54, 1.807) is 0 Å². The molecular formula is C16H17Cl11O5. The van der Waals surface area contributed by atoms with Gasteiger partial charge in [0.25, 0.3) is 0 Å². The lowest BCUT2D eigenvalue weighted by atomic mass is 9.97. The van der Waals surface area contributed by atoms with Gasteiger partial charge in [0.05, 0.1) is 60.5 Å². The highest BCUT2D eigenvalue weighted by Crippen LogP contribution is 2.47. The van der Waals surface area contributed by atoms with Gasteiger partial charge in [0.15, 0.2) is 5.75 Å². The molecule has 188 valence electrons. The highest BCUT2D eigenvalue weighted by atomic mass is 35.5. The molecule has 0 bridgehead atoms. The van der Waals surface area contributed by atoms with Crippen LogP contribution < -0.4 is 0 Å². The first kappa shape index (κ1) is 34.0. The standard InChI is InChI=1S/C6H6Cl6.C6HCl5O.C4H10O4/c2*7-1-2(8)4(10)6(12)5(11)3(1)9;5-1-3(7)4(8)2-6/h1-6H;12H;3-8H,1-2H2/t1-,2-,3-,4+,5+,6+;;. The van der Waals surface area contributed by atoms with Gasteiger partial charge in [0, 0.05) is 0 Å². The summed E-state index contributed by atoms with van der Waals surface area (Å²) in [5.74, 6) is -0.363. The number of halogens is 11. The Morgan fingerprint density at radius 1 is 0.500 bits per heavy atom. The van der Waals surface area contributed by atoms with Crippen LogP contribution in [0.2, 0.25) is 25.1 Å². The number of alkyl halides is 6. The predicted octanol–water partition coefficient (Wildman–Crippen LogP) is 6.00. The molecule has 5 nitrogen and oxygen atoms in total. The Morgan fingerprint density at radius 2 is 0.688 bits per heavy atom. The molecule has 1 aliphatic carbocycles. The maximum absolute atomic E-state index is 9.20. The SMILES string of the molecule is Cl[C@H]1[C@H](Cl)[C@@H](Cl)[C@@H](Cl)[C@H](Cl)[C@H]1Cl.OCC(O)C(O)CO.Oc1c(Cl)c(Cl)c(Cl)c(Cl)c1Cl. The molecule has 1 saturated carbocycles. The Bertz CT molecular complexity index is 557. The summed E-state index contributed by atoms with van der Waals surface area (Å²) < 4.78 is 0. The van der Waals surface area contributed by atoms with Gasteiger partial charge in [-0.1, -0.05) is 58.0 Å². The molecular weight excluding hydrogens is 662 g/mol. The molecule has 5 N–H and O–H groups in total. The number of hydrogen-bond donors (Lipinski definition) is 5. The molecule has 1 aliphatic rings. The van der Waals surface area contributed by atoms with Crippen LogP contribution in [0.25, 0.3) is 0 Å². The van der Waals surface area contributed by atoms with Gasteiger partial charge in [0.2, 0.25) is 0 Å². The minimum Gasteiger partial charge on any atom is -0.505 e. The largest absolute Gasteiger partial charge is 0.505 e. The van der Waals surface area contributed by atoms with Gasteiger partial charge in [-0.3, -0.25) is 0 Å². The molecule has 1 aromatic rings. The molecule has 2 atom stereocenters. The summed E-state index contributed by atoms with van der Waals surface area (Å²) in [4.78, 5) is 0. The summed E-state index contributed by atoms with van der Waals surface area (Å²) in [7, 11) is 0. The zero-order chi connectivity index (χ0) is 25.5. The summed E-state index contributed by atoms with van der Waals surface area (Å²) in [5.41, 5.74) is 0. The van der Waals surface area contributed by atoms with Crippen molar-refractivity contribution in [2.45, 2.75) is 44.5 Å². The van der Waals surface area contributed by atoms with Crippen molar-refractivity contribution in [1.82, 2.24) is 0 Å². The van der Waals surface area contributed by atoms with E-state index in [2.05, 4.69) is 0 Å². The minimum absolute atomic E-state index is 0.00904. The van der Waals surface area contributed by atoms with Crippen LogP contribution in [0.3, 0.4) is 0 Å². The summed E-state index contributed by atoms with van der Waals surface area (Å²) >= 11 is 63.2. The van der Waals surface area contributed by atoms with Gasteiger partial charge in [-0.25, -0.2) is 0 Å². The summed E-state index contributed by atoms with van der Waals surface area (Å²) in [5, 5.41) is 39.6. The maximum atomic E-state index is 9.20. The van der Waals surface area contributed by atoms with Gasteiger partial charge in [-0.05, 0) is 0 Å². The molecule has 32 heavy (non-hydrogen) atoms. The first-order valence-electron chi connectivity index (χ1n) is 8.28. The molecule has 1 fully saturated rings. The van der Waals surface area contributed by atoms with Gasteiger partial charge < -0.3 is 25.5 Å². The third kappa shape index (κ3) is 9.17. The zero-order valence-corrected chi connectivity index (χ0v) is 23.7. The van der Waals surface area contributed by atoms with Crippen molar-refractivity contribution in [1.29, 1.82) is 0 Å². The van der Waals surface area contributed by atoms with E-state index in [0.717, 1.165) is 0 Å². The number of rotatable bonds is 3. The van der Waals surface area contributed by atoms with Crippen LogP contribution in [0.5, 0.6) is 5.75 Å². The van der Waals surface area contributed by atoms with E-state index in [9.17, 15) is 5.11 Å². The number of aliphatic hydroxyl groups is 4. The zero-order valence-electron chi connectivity index (χ0n) is 15.4. The molecule has 0 aromatic heterocycles. The molecule has 2 unspecified atom stereocenters. The Morgan fingerprint density at radius 3 is 0.875 bits per heavy atom. The average Bonchev–Trinajstić information content (AvgIpc) is 2.80. The highest BCUT2D eigenvalue weighted by Gasteiger charge is 2.46. The van der Waals surface area contributed by atoms with Crippen molar-refractivity contribution in [2.24, 2.45) is 0 Å². The summed E-state index contributed by atoms with van der Waals surface area (Å²) in [6.07, 6.45) is -2.44. The first-order chi connectivity index (χ1) is 14.6. The average molecular weight is 679 g/mol. The van der Waals surface area contributed by atoms with E-state index in [1.807, 2.05) is 0 Å². The monoisotopic (exact) mass is 674 g/mol. The van der Waals surface area contributed by atoms with E-state index in [0.29, 0.717) is 0 Å². The van der Waals surface area contributed by atoms with Crippen LogP contribution in [0.1, 0.15) is 0 Å². The van der Waals surface area contributed by atoms with Crippen molar-refractivity contribution < 1.29 is 25.5 Å². The highest BCUT2D eigenvalue weighted by molar-refractivity contribution is 6.55. The molecule has 16 heteroatoms. The van der Waals surface area contributed by atoms with Crippen molar-refractivity contribution in [3.63, 3.8) is 0 Å². The third-order valence-corrected chi connectivity index (χ3v) is 10.1. The van der Waals surface area contributed by atoms with Crippen LogP contribution in [0, 0.1) is 0 Å². The molecule has 1 aromatic carbocycles. The minimum atomic E-state index is -1.22. The fraction of sp³-hybridized carbons (Fsp3) is 0.625. The fourth-order valence-electron chi connectivity index (χ4n) is 1.89. The second-order valence-corrected chi connectivity index (χ2v) is 11.0. The summed E-state index contributed by atoms with van der Waals surface area (Å²) in [6.45, 7) is -1.05. The smallest absolute Gasteiger partial charge is 0.155 e. The van der Waals surface area contributed by atoms with Crippen molar-refractivity contribution >= 4 is 128 Å². The van der Waals surface area contributed by atoms with Crippen molar-refractivity contribution in [3.8, 4) is 5.75 Å². The molecule has 2 rings (SSSR count). The lowest BCUT2D eigenvalue weighted by Crippen LogP contribution is -2.52. The Labute approximate surface area is 239 Å². The second kappa shape index (κ2) is 16.0. The van der Waals surface area contributed by atoms with E-state index in [-0.39, 0.29) is 30.9 Å². The normalized spacial score (nSPS) is 29.2. The predicted molar refractivity (Wildman–Crippen MR) is 137 cm³/mol. The molecule has 0 amide bonds. The third-order valence-electron chi connectivity index (χ3n) is 3.83. The molecule has 0 heterocycles. The molecule has 0 aliphatic heterocycles. The van der Waals surface area contributed by atoms with Crippen LogP contribution in [0.4, 0.5) is 0 Å². The number of aromatic hydroxyl groups is 1. The molecule has 0 spiro atoms. The summed E-state index contributed by atoms with van der Waals surface area (Å²) in [6, 6.07) is 0. The Kier molecular flexibility index (Phi) is 17.0. The van der Waals surface area contributed by atoms with Crippen LogP contribution >= 0.6 is 128 Å². The van der Waals surface area contributed by atoms with E-state index in [1.165, 1.54) is 0 Å². The lowest BCUT2D eigenvalue weighted by Gasteiger charge is -2.37. The molecule has 0 saturated heterocycles.